The second-order valence-corrected chi connectivity index (χ2v) is 7.04. The number of hydrogen-bond acceptors (Lipinski definition) is 5. The number of rotatable bonds is 6. The molecule has 140 valence electrons. The lowest BCUT2D eigenvalue weighted by Crippen LogP contribution is -2.12. The van der Waals surface area contributed by atoms with E-state index in [1.54, 1.807) is 10.9 Å². The van der Waals surface area contributed by atoms with Gasteiger partial charge in [0, 0.05) is 6.20 Å². The maximum absolute atomic E-state index is 9.49. The van der Waals surface area contributed by atoms with Crippen molar-refractivity contribution >= 4 is 0 Å². The number of aliphatic hydroxyl groups is 1. The van der Waals surface area contributed by atoms with E-state index in [1.165, 1.54) is 5.56 Å². The van der Waals surface area contributed by atoms with Crippen LogP contribution in [0.3, 0.4) is 0 Å². The minimum absolute atomic E-state index is 0.00459. The lowest BCUT2D eigenvalue weighted by Gasteiger charge is -2.11. The largest absolute Gasteiger partial charge is 0.394 e. The number of aromatic nitrogens is 6. The fourth-order valence-corrected chi connectivity index (χ4v) is 3.60. The molecule has 0 spiro atoms. The zero-order valence-electron chi connectivity index (χ0n) is 15.3. The summed E-state index contributed by atoms with van der Waals surface area (Å²) in [4.78, 5) is 9.21. The Balaban J connectivity index is 1.55. The predicted molar refractivity (Wildman–Crippen MR) is 104 cm³/mol. The Morgan fingerprint density at radius 2 is 1.86 bits per heavy atom. The molecule has 2 N–H and O–H groups in total. The molecule has 0 atom stereocenters. The van der Waals surface area contributed by atoms with Crippen molar-refractivity contribution in [1.29, 1.82) is 0 Å². The summed E-state index contributed by atoms with van der Waals surface area (Å²) in [5.74, 6) is 1.48. The lowest BCUT2D eigenvalue weighted by molar-refractivity contribution is 0.269. The fraction of sp³-hybridized carbons (Fsp3) is 0.238. The van der Waals surface area contributed by atoms with E-state index in [4.69, 9.17) is 10.1 Å². The van der Waals surface area contributed by atoms with Crippen molar-refractivity contribution in [3.8, 4) is 22.9 Å². The van der Waals surface area contributed by atoms with Crippen LogP contribution in [0.1, 0.15) is 24.2 Å². The molecule has 1 aliphatic rings. The number of aliphatic hydroxyl groups excluding tert-OH is 1. The highest BCUT2D eigenvalue weighted by molar-refractivity contribution is 5.62. The molecule has 1 saturated carbocycles. The van der Waals surface area contributed by atoms with Gasteiger partial charge in [-0.05, 0) is 36.6 Å². The fourth-order valence-electron chi connectivity index (χ4n) is 3.60. The van der Waals surface area contributed by atoms with E-state index in [0.29, 0.717) is 12.4 Å². The van der Waals surface area contributed by atoms with Gasteiger partial charge in [-0.1, -0.05) is 36.4 Å². The molecule has 7 heteroatoms. The van der Waals surface area contributed by atoms with Crippen LogP contribution < -0.4 is 0 Å². The zero-order valence-corrected chi connectivity index (χ0v) is 15.3. The molecule has 4 aromatic rings. The molecule has 28 heavy (non-hydrogen) atoms. The van der Waals surface area contributed by atoms with Crippen LogP contribution in [0.15, 0.2) is 60.8 Å². The summed E-state index contributed by atoms with van der Waals surface area (Å²) in [5.41, 5.74) is 3.42. The summed E-state index contributed by atoms with van der Waals surface area (Å²) in [6.07, 6.45) is 3.80. The first-order valence-corrected chi connectivity index (χ1v) is 9.39. The molecule has 3 heterocycles. The van der Waals surface area contributed by atoms with E-state index in [-0.39, 0.29) is 12.0 Å². The number of pyridine rings is 1. The van der Waals surface area contributed by atoms with Crippen molar-refractivity contribution in [1.82, 2.24) is 29.9 Å². The molecule has 5 rings (SSSR count). The summed E-state index contributed by atoms with van der Waals surface area (Å²) in [5, 5.41) is 21.7. The van der Waals surface area contributed by atoms with E-state index < -0.39 is 0 Å². The SMILES string of the molecule is OCCn1nc(C2(c3ccccc3)CC2)nc1-c1cc(-c2ccccn2)n[nH]1. The average Bonchev–Trinajstić information content (AvgIpc) is 3.22. The van der Waals surface area contributed by atoms with Crippen molar-refractivity contribution in [2.45, 2.75) is 24.8 Å². The molecule has 1 aromatic carbocycles. The van der Waals surface area contributed by atoms with Gasteiger partial charge in [0.15, 0.2) is 11.6 Å². The molecule has 0 saturated heterocycles. The van der Waals surface area contributed by atoms with E-state index in [0.717, 1.165) is 35.7 Å². The Morgan fingerprint density at radius 1 is 1.04 bits per heavy atom. The van der Waals surface area contributed by atoms with Crippen LogP contribution in [0, 0.1) is 0 Å². The summed E-state index contributed by atoms with van der Waals surface area (Å²) in [6, 6.07) is 18.0. The minimum Gasteiger partial charge on any atom is -0.394 e. The van der Waals surface area contributed by atoms with Crippen molar-refractivity contribution in [2.24, 2.45) is 0 Å². The van der Waals surface area contributed by atoms with E-state index >= 15 is 0 Å². The highest BCUT2D eigenvalue weighted by Crippen LogP contribution is 2.52. The molecule has 0 radical (unpaired) electrons. The van der Waals surface area contributed by atoms with Gasteiger partial charge in [-0.25, -0.2) is 9.67 Å². The molecule has 1 fully saturated rings. The molecule has 1 aliphatic carbocycles. The molecule has 0 aliphatic heterocycles. The number of benzene rings is 1. The van der Waals surface area contributed by atoms with Crippen LogP contribution in [-0.2, 0) is 12.0 Å². The first-order valence-electron chi connectivity index (χ1n) is 9.39. The standard InChI is InChI=1S/C21H20N6O/c28-13-12-27-19(18-14-17(24-25-18)16-8-4-5-11-22-16)23-20(26-27)21(9-10-21)15-6-2-1-3-7-15/h1-8,11,14,28H,9-10,12-13H2,(H,24,25). The lowest BCUT2D eigenvalue weighted by atomic mass is 9.95. The van der Waals surface area contributed by atoms with Crippen LogP contribution in [0.5, 0.6) is 0 Å². The van der Waals surface area contributed by atoms with Crippen LogP contribution in [0.4, 0.5) is 0 Å². The maximum Gasteiger partial charge on any atom is 0.176 e. The van der Waals surface area contributed by atoms with Crippen LogP contribution in [-0.4, -0.2) is 41.7 Å². The van der Waals surface area contributed by atoms with E-state index in [1.807, 2.05) is 30.3 Å². The molecular formula is C21H20N6O. The Kier molecular flexibility index (Phi) is 4.02. The molecule has 0 bridgehead atoms. The summed E-state index contributed by atoms with van der Waals surface area (Å²) < 4.78 is 1.76. The summed E-state index contributed by atoms with van der Waals surface area (Å²) >= 11 is 0. The Hall–Kier alpha value is -3.32. The topological polar surface area (TPSA) is 92.5 Å². The summed E-state index contributed by atoms with van der Waals surface area (Å²) in [7, 11) is 0. The highest BCUT2D eigenvalue weighted by Gasteiger charge is 2.49. The van der Waals surface area contributed by atoms with Crippen molar-refractivity contribution < 1.29 is 5.11 Å². The van der Waals surface area contributed by atoms with E-state index in [2.05, 4.69) is 39.4 Å². The highest BCUT2D eigenvalue weighted by atomic mass is 16.3. The molecule has 0 amide bonds. The molecule has 7 nitrogen and oxygen atoms in total. The van der Waals surface area contributed by atoms with Gasteiger partial charge >= 0.3 is 0 Å². The second-order valence-electron chi connectivity index (χ2n) is 7.04. The van der Waals surface area contributed by atoms with Gasteiger partial charge in [0.05, 0.1) is 24.3 Å². The Bertz CT molecular complexity index is 1080. The van der Waals surface area contributed by atoms with Crippen molar-refractivity contribution in [2.75, 3.05) is 6.61 Å². The van der Waals surface area contributed by atoms with Gasteiger partial charge in [0.2, 0.25) is 0 Å². The monoisotopic (exact) mass is 372 g/mol. The molecule has 3 aromatic heterocycles. The van der Waals surface area contributed by atoms with Gasteiger partial charge in [-0.2, -0.15) is 10.2 Å². The maximum atomic E-state index is 9.49. The smallest absolute Gasteiger partial charge is 0.176 e. The number of hydrogen-bond donors (Lipinski definition) is 2. The summed E-state index contributed by atoms with van der Waals surface area (Å²) in [6.45, 7) is 0.376. The number of nitrogens with one attached hydrogen (secondary N) is 1. The average molecular weight is 372 g/mol. The van der Waals surface area contributed by atoms with E-state index in [9.17, 15) is 5.11 Å². The predicted octanol–water partition coefficient (Wildman–Crippen LogP) is 2.80. The van der Waals surface area contributed by atoms with Gasteiger partial charge < -0.3 is 5.11 Å². The first-order chi connectivity index (χ1) is 13.8. The number of nitrogens with zero attached hydrogens (tertiary/aromatic N) is 5. The van der Waals surface area contributed by atoms with Crippen molar-refractivity contribution in [3.05, 3.63) is 72.2 Å². The number of H-pyrrole nitrogens is 1. The van der Waals surface area contributed by atoms with Crippen molar-refractivity contribution in [3.63, 3.8) is 0 Å². The van der Waals surface area contributed by atoms with Crippen LogP contribution >= 0.6 is 0 Å². The third-order valence-corrected chi connectivity index (χ3v) is 5.23. The third kappa shape index (κ3) is 2.80. The minimum atomic E-state index is -0.124. The quantitative estimate of drug-likeness (QED) is 0.543. The normalized spacial score (nSPS) is 14.9. The Morgan fingerprint density at radius 3 is 2.57 bits per heavy atom. The van der Waals surface area contributed by atoms with Crippen LogP contribution in [0.25, 0.3) is 22.9 Å². The first kappa shape index (κ1) is 16.8. The third-order valence-electron chi connectivity index (χ3n) is 5.23. The van der Waals surface area contributed by atoms with Gasteiger partial charge in [0.1, 0.15) is 11.4 Å². The van der Waals surface area contributed by atoms with Gasteiger partial charge in [-0.15, -0.1) is 0 Å². The second kappa shape index (κ2) is 6.69. The van der Waals surface area contributed by atoms with Gasteiger partial charge in [0.25, 0.3) is 0 Å². The zero-order chi connectivity index (χ0) is 19.0. The van der Waals surface area contributed by atoms with Crippen LogP contribution in [0.2, 0.25) is 0 Å². The number of aromatic amines is 1. The molecular weight excluding hydrogens is 352 g/mol. The Labute approximate surface area is 162 Å². The molecule has 0 unspecified atom stereocenters. The van der Waals surface area contributed by atoms with Gasteiger partial charge in [-0.3, -0.25) is 10.1 Å².